The van der Waals surface area contributed by atoms with Crippen molar-refractivity contribution in [3.63, 3.8) is 0 Å². The fourth-order valence-electron chi connectivity index (χ4n) is 9.56. The molecule has 1 aliphatic rings. The molecule has 13 heteroatoms. The van der Waals surface area contributed by atoms with E-state index in [4.69, 9.17) is 9.05 Å². The monoisotopic (exact) mass is 978 g/mol. The number of rotatable bonds is 49. The number of unbranched alkanes of at least 4 members (excludes halogenated alkanes) is 38. The fourth-order valence-corrected chi connectivity index (χ4v) is 10.5. The molecule has 0 aromatic heterocycles. The van der Waals surface area contributed by atoms with E-state index in [0.29, 0.717) is 19.3 Å². The number of carbonyl (C=O) groups is 1. The average molecular weight is 978 g/mol. The first kappa shape index (κ1) is 64.4. The fraction of sp³-hybridized carbons (Fsp3) is 0.981. The van der Waals surface area contributed by atoms with Crippen LogP contribution >= 0.6 is 7.82 Å². The number of hydrogen-bond donors (Lipinski definition) is 8. The first-order chi connectivity index (χ1) is 32.4. The van der Waals surface area contributed by atoms with Crippen LogP contribution in [0.3, 0.4) is 0 Å². The SMILES string of the molecule is CCCCCCCCCCCCCCCCCCCCCCCCCCC(=O)N[C@@H](COP(=O)(O)OC1C(O)C(O)C(O)[C@@H](O)C1O)[C@H](O)CCCCCCCCCCCCCCCCCC. The number of hydrogen-bond acceptors (Lipinski definition) is 10. The zero-order valence-electron chi connectivity index (χ0n) is 43.2. The number of aliphatic hydroxyl groups is 6. The van der Waals surface area contributed by atoms with Crippen molar-refractivity contribution in [2.45, 2.75) is 332 Å². The normalized spacial score (nSPS) is 21.6. The van der Waals surface area contributed by atoms with Crippen LogP contribution in [-0.4, -0.2) is 96.8 Å². The van der Waals surface area contributed by atoms with E-state index in [1.807, 2.05) is 0 Å². The third-order valence-electron chi connectivity index (χ3n) is 14.2. The molecule has 1 fully saturated rings. The zero-order chi connectivity index (χ0) is 49.2. The Morgan fingerprint density at radius 1 is 0.448 bits per heavy atom. The molecular weight excluding hydrogens is 870 g/mol. The molecule has 400 valence electrons. The minimum absolute atomic E-state index is 0.243. The summed E-state index contributed by atoms with van der Waals surface area (Å²) in [4.78, 5) is 23.6. The van der Waals surface area contributed by atoms with Gasteiger partial charge in [0, 0.05) is 6.42 Å². The lowest BCUT2D eigenvalue weighted by molar-refractivity contribution is -0.220. The maximum absolute atomic E-state index is 13.0. The van der Waals surface area contributed by atoms with Gasteiger partial charge in [-0.25, -0.2) is 4.57 Å². The molecule has 0 spiro atoms. The van der Waals surface area contributed by atoms with E-state index in [1.165, 1.54) is 205 Å². The predicted molar refractivity (Wildman–Crippen MR) is 274 cm³/mol. The van der Waals surface area contributed by atoms with E-state index in [0.717, 1.165) is 38.5 Å². The molecule has 0 aliphatic heterocycles. The van der Waals surface area contributed by atoms with E-state index >= 15 is 0 Å². The molecule has 9 atom stereocenters. The molecule has 12 nitrogen and oxygen atoms in total. The van der Waals surface area contributed by atoms with Gasteiger partial charge in [0.1, 0.15) is 36.6 Å². The van der Waals surface area contributed by atoms with Crippen LogP contribution in [0.2, 0.25) is 0 Å². The zero-order valence-corrected chi connectivity index (χ0v) is 44.1. The molecule has 0 saturated heterocycles. The van der Waals surface area contributed by atoms with Crippen LogP contribution in [0.4, 0.5) is 0 Å². The van der Waals surface area contributed by atoms with Crippen molar-refractivity contribution in [3.05, 3.63) is 0 Å². The van der Waals surface area contributed by atoms with Gasteiger partial charge in [-0.05, 0) is 12.8 Å². The van der Waals surface area contributed by atoms with E-state index in [1.54, 1.807) is 0 Å². The minimum Gasteiger partial charge on any atom is -0.391 e. The predicted octanol–water partition coefficient (Wildman–Crippen LogP) is 12.6. The summed E-state index contributed by atoms with van der Waals surface area (Å²) in [6.07, 6.45) is 38.5. The molecule has 67 heavy (non-hydrogen) atoms. The topological polar surface area (TPSA) is 206 Å². The molecule has 0 aromatic rings. The summed E-state index contributed by atoms with van der Waals surface area (Å²) in [5.41, 5.74) is 0. The Morgan fingerprint density at radius 3 is 1.03 bits per heavy atom. The Bertz CT molecular complexity index is 1140. The van der Waals surface area contributed by atoms with Gasteiger partial charge in [0.05, 0.1) is 18.8 Å². The average Bonchev–Trinajstić information content (AvgIpc) is 3.31. The summed E-state index contributed by atoms with van der Waals surface area (Å²) in [6, 6.07) is -1.03. The summed E-state index contributed by atoms with van der Waals surface area (Å²) < 4.78 is 23.1. The van der Waals surface area contributed by atoms with E-state index in [9.17, 15) is 44.9 Å². The van der Waals surface area contributed by atoms with Crippen LogP contribution in [0.15, 0.2) is 0 Å². The van der Waals surface area contributed by atoms with Crippen molar-refractivity contribution in [1.82, 2.24) is 5.32 Å². The molecule has 1 amide bonds. The van der Waals surface area contributed by atoms with Crippen LogP contribution in [0.5, 0.6) is 0 Å². The maximum Gasteiger partial charge on any atom is 0.472 e. The van der Waals surface area contributed by atoms with Gasteiger partial charge < -0.3 is 40.8 Å². The van der Waals surface area contributed by atoms with Crippen LogP contribution in [0.25, 0.3) is 0 Å². The first-order valence-electron chi connectivity index (χ1n) is 28.5. The van der Waals surface area contributed by atoms with Gasteiger partial charge in [-0.2, -0.15) is 0 Å². The van der Waals surface area contributed by atoms with Gasteiger partial charge >= 0.3 is 7.82 Å². The molecule has 1 rings (SSSR count). The first-order valence-corrected chi connectivity index (χ1v) is 30.0. The molecule has 1 aliphatic carbocycles. The van der Waals surface area contributed by atoms with Gasteiger partial charge in [0.15, 0.2) is 0 Å². The highest BCUT2D eigenvalue weighted by atomic mass is 31.2. The van der Waals surface area contributed by atoms with Crippen molar-refractivity contribution in [2.24, 2.45) is 0 Å². The number of amides is 1. The Balaban J connectivity index is 2.31. The van der Waals surface area contributed by atoms with Gasteiger partial charge in [-0.1, -0.05) is 264 Å². The lowest BCUT2D eigenvalue weighted by Crippen LogP contribution is -2.64. The molecule has 0 bridgehead atoms. The Hall–Kier alpha value is -0.660. The Kier molecular flexibility index (Phi) is 42.3. The number of phosphoric acid groups is 1. The maximum atomic E-state index is 13.0. The molecule has 0 aromatic carbocycles. The minimum atomic E-state index is -5.06. The summed E-state index contributed by atoms with van der Waals surface area (Å²) in [5.74, 6) is -0.300. The summed E-state index contributed by atoms with van der Waals surface area (Å²) in [6.45, 7) is 3.94. The Morgan fingerprint density at radius 2 is 0.716 bits per heavy atom. The highest BCUT2D eigenvalue weighted by Gasteiger charge is 2.51. The molecule has 0 radical (unpaired) electrons. The molecule has 6 unspecified atom stereocenters. The van der Waals surface area contributed by atoms with Crippen LogP contribution in [0.1, 0.15) is 284 Å². The van der Waals surface area contributed by atoms with E-state index in [-0.39, 0.29) is 12.3 Å². The molecular formula is C54H108NO11P. The highest BCUT2D eigenvalue weighted by Crippen LogP contribution is 2.47. The summed E-state index contributed by atoms with van der Waals surface area (Å²) >= 11 is 0. The van der Waals surface area contributed by atoms with Crippen molar-refractivity contribution >= 4 is 13.7 Å². The van der Waals surface area contributed by atoms with Gasteiger partial charge in [-0.15, -0.1) is 0 Å². The highest BCUT2D eigenvalue weighted by molar-refractivity contribution is 7.47. The number of nitrogens with one attached hydrogen (secondary N) is 1. The van der Waals surface area contributed by atoms with Crippen molar-refractivity contribution in [3.8, 4) is 0 Å². The largest absolute Gasteiger partial charge is 0.472 e. The van der Waals surface area contributed by atoms with Crippen molar-refractivity contribution in [1.29, 1.82) is 0 Å². The van der Waals surface area contributed by atoms with Crippen LogP contribution in [0, 0.1) is 0 Å². The standard InChI is InChI=1S/C54H108NO11P/c1-3-5-7-9-11-13-15-17-19-21-22-23-24-25-26-27-28-30-32-34-36-38-40-42-44-48(57)55-46(45-65-67(63,64)66-54-52(61)50(59)49(58)51(60)53(54)62)47(56)43-41-39-37-35-33-31-29-20-18-16-14-12-10-8-6-4-2/h46-47,49-54,56,58-62H,3-45H2,1-2H3,(H,55,57)(H,63,64)/t46-,47+,49?,50+,51?,52?,53?,54?/m0/s1. The second-order valence-corrected chi connectivity index (χ2v) is 21.9. The molecule has 0 heterocycles. The molecule has 1 saturated carbocycles. The number of phosphoric ester groups is 1. The van der Waals surface area contributed by atoms with Gasteiger partial charge in [0.25, 0.3) is 0 Å². The van der Waals surface area contributed by atoms with Crippen LogP contribution in [-0.2, 0) is 18.4 Å². The summed E-state index contributed by atoms with van der Waals surface area (Å²) in [7, 11) is -5.06. The summed E-state index contributed by atoms with van der Waals surface area (Å²) in [5, 5.41) is 64.4. The smallest absolute Gasteiger partial charge is 0.391 e. The quantitative estimate of drug-likeness (QED) is 0.0213. The van der Waals surface area contributed by atoms with Gasteiger partial charge in [0.2, 0.25) is 5.91 Å². The third-order valence-corrected chi connectivity index (χ3v) is 15.2. The third kappa shape index (κ3) is 35.2. The Labute approximate surface area is 410 Å². The second-order valence-electron chi connectivity index (χ2n) is 20.5. The molecule has 8 N–H and O–H groups in total. The van der Waals surface area contributed by atoms with E-state index in [2.05, 4.69) is 19.2 Å². The van der Waals surface area contributed by atoms with E-state index < -0.39 is 63.2 Å². The number of carbonyl (C=O) groups excluding carboxylic acids is 1. The lowest BCUT2D eigenvalue weighted by Gasteiger charge is -2.41. The van der Waals surface area contributed by atoms with Crippen LogP contribution < -0.4 is 5.32 Å². The van der Waals surface area contributed by atoms with Crippen molar-refractivity contribution < 1.29 is 53.9 Å². The second kappa shape index (κ2) is 44.1. The van der Waals surface area contributed by atoms with Gasteiger partial charge in [-0.3, -0.25) is 13.8 Å². The van der Waals surface area contributed by atoms with Crippen molar-refractivity contribution in [2.75, 3.05) is 6.61 Å². The lowest BCUT2D eigenvalue weighted by atomic mass is 9.85. The number of aliphatic hydroxyl groups excluding tert-OH is 6.